The first kappa shape index (κ1) is 15.1. The highest BCUT2D eigenvalue weighted by molar-refractivity contribution is 5.89. The van der Waals surface area contributed by atoms with Gasteiger partial charge in [0.05, 0.1) is 0 Å². The number of carbonyl (C=O) groups is 2. The summed E-state index contributed by atoms with van der Waals surface area (Å²) in [5, 5.41) is 0. The minimum Gasteiger partial charge on any atom is -0.299 e. The van der Waals surface area contributed by atoms with Crippen LogP contribution >= 0.6 is 0 Å². The third-order valence-electron chi connectivity index (χ3n) is 1.19. The van der Waals surface area contributed by atoms with Gasteiger partial charge in [-0.15, -0.1) is 0 Å². The van der Waals surface area contributed by atoms with E-state index in [4.69, 9.17) is 0 Å². The van der Waals surface area contributed by atoms with E-state index >= 15 is 0 Å². The van der Waals surface area contributed by atoms with Crippen molar-refractivity contribution in [2.24, 2.45) is 0 Å². The minimum absolute atomic E-state index is 0.197. The molecular formula is C12H18O2. The number of hydrogen-bond donors (Lipinski definition) is 0. The van der Waals surface area contributed by atoms with Gasteiger partial charge in [-0.25, -0.2) is 0 Å². The second kappa shape index (κ2) is 14.1. The molecule has 0 aliphatic rings. The van der Waals surface area contributed by atoms with Gasteiger partial charge in [-0.3, -0.25) is 9.59 Å². The van der Waals surface area contributed by atoms with E-state index in [1.165, 1.54) is 6.08 Å². The van der Waals surface area contributed by atoms with Crippen molar-refractivity contribution in [3.05, 3.63) is 36.5 Å². The second-order valence-corrected chi connectivity index (χ2v) is 2.37. The van der Waals surface area contributed by atoms with Crippen LogP contribution in [0.2, 0.25) is 0 Å². The lowest BCUT2D eigenvalue weighted by Crippen LogP contribution is -1.84. The van der Waals surface area contributed by atoms with Crippen molar-refractivity contribution < 1.29 is 9.59 Å². The van der Waals surface area contributed by atoms with E-state index in [9.17, 15) is 9.59 Å². The Morgan fingerprint density at radius 2 is 1.71 bits per heavy atom. The summed E-state index contributed by atoms with van der Waals surface area (Å²) < 4.78 is 0. The first-order valence-corrected chi connectivity index (χ1v) is 4.61. The zero-order chi connectivity index (χ0) is 11.2. The van der Waals surface area contributed by atoms with Gasteiger partial charge in [0, 0.05) is 6.42 Å². The molecule has 2 heteroatoms. The van der Waals surface area contributed by atoms with Crippen LogP contribution in [0.5, 0.6) is 0 Å². The topological polar surface area (TPSA) is 34.1 Å². The van der Waals surface area contributed by atoms with Crippen LogP contribution in [-0.2, 0) is 9.59 Å². The molecule has 0 unspecified atom stereocenters. The molecule has 0 atom stereocenters. The predicted molar refractivity (Wildman–Crippen MR) is 60.1 cm³/mol. The molecule has 0 spiro atoms. The minimum atomic E-state index is 0.197. The fourth-order valence-corrected chi connectivity index (χ4v) is 0.524. The molecule has 0 aliphatic heterocycles. The van der Waals surface area contributed by atoms with Crippen LogP contribution in [0.3, 0.4) is 0 Å². The van der Waals surface area contributed by atoms with Crippen molar-refractivity contribution in [3.63, 3.8) is 0 Å². The van der Waals surface area contributed by atoms with Crippen molar-refractivity contribution in [2.75, 3.05) is 0 Å². The van der Waals surface area contributed by atoms with E-state index in [-0.39, 0.29) is 5.78 Å². The molecule has 78 valence electrons. The summed E-state index contributed by atoms with van der Waals surface area (Å²) in [6, 6.07) is 0. The molecular weight excluding hydrogens is 176 g/mol. The Hall–Kier alpha value is -1.44. The Morgan fingerprint density at radius 1 is 1.07 bits per heavy atom. The smallest absolute Gasteiger partial charge is 0.155 e. The van der Waals surface area contributed by atoms with Crippen LogP contribution < -0.4 is 0 Å². The summed E-state index contributed by atoms with van der Waals surface area (Å²) >= 11 is 0. The van der Waals surface area contributed by atoms with E-state index in [1.54, 1.807) is 24.3 Å². The third kappa shape index (κ3) is 16.9. The molecule has 0 fully saturated rings. The predicted octanol–water partition coefficient (Wildman–Crippen LogP) is 2.86. The maximum absolute atomic E-state index is 10.3. The first-order valence-electron chi connectivity index (χ1n) is 4.61. The molecule has 0 aliphatic carbocycles. The summed E-state index contributed by atoms with van der Waals surface area (Å²) in [7, 11) is 0. The second-order valence-electron chi connectivity index (χ2n) is 2.37. The van der Waals surface area contributed by atoms with Gasteiger partial charge < -0.3 is 0 Å². The van der Waals surface area contributed by atoms with Crippen LogP contribution in [0.1, 0.15) is 27.2 Å². The number of rotatable bonds is 4. The van der Waals surface area contributed by atoms with Crippen molar-refractivity contribution in [1.82, 2.24) is 0 Å². The van der Waals surface area contributed by atoms with E-state index in [1.807, 2.05) is 26.8 Å². The van der Waals surface area contributed by atoms with Gasteiger partial charge in [-0.1, -0.05) is 31.2 Å². The standard InChI is InChI=1S/C6H10O.C6H8O/c1-3-5-6(7)4-2;1-2-3-4-5-6-7/h3,5H,4H2,1-2H3;2-6H,1H3/b5-3+;3-2+,5-4+. The quantitative estimate of drug-likeness (QED) is 0.392. The summed E-state index contributed by atoms with van der Waals surface area (Å²) in [5.41, 5.74) is 0. The number of carbonyl (C=O) groups excluding carboxylic acids is 2. The molecule has 0 rings (SSSR count). The molecule has 0 N–H and O–H groups in total. The van der Waals surface area contributed by atoms with Gasteiger partial charge in [-0.2, -0.15) is 0 Å². The monoisotopic (exact) mass is 194 g/mol. The van der Waals surface area contributed by atoms with Gasteiger partial charge in [-0.05, 0) is 26.0 Å². The van der Waals surface area contributed by atoms with Crippen LogP contribution in [0, 0.1) is 0 Å². The zero-order valence-electron chi connectivity index (χ0n) is 9.07. The Kier molecular flexibility index (Phi) is 15.2. The highest BCUT2D eigenvalue weighted by Gasteiger charge is 1.83. The SMILES string of the molecule is C/C=C/C(=O)CC.C/C=C/C=C/C=O. The fourth-order valence-electron chi connectivity index (χ4n) is 0.524. The Bertz CT molecular complexity index is 222. The van der Waals surface area contributed by atoms with Gasteiger partial charge in [0.2, 0.25) is 0 Å². The Balaban J connectivity index is 0. The normalized spacial score (nSPS) is 10.5. The highest BCUT2D eigenvalue weighted by atomic mass is 16.1. The average Bonchev–Trinajstić information content (AvgIpc) is 2.20. The number of hydrogen-bond acceptors (Lipinski definition) is 2. The average molecular weight is 194 g/mol. The molecule has 0 bridgehead atoms. The van der Waals surface area contributed by atoms with Crippen LogP contribution in [0.15, 0.2) is 36.5 Å². The molecule has 0 saturated heterocycles. The Labute approximate surface area is 86.0 Å². The summed E-state index contributed by atoms with van der Waals surface area (Å²) in [6.07, 6.45) is 11.5. The number of aldehydes is 1. The van der Waals surface area contributed by atoms with E-state index in [0.717, 1.165) is 6.29 Å². The first-order chi connectivity index (χ1) is 6.72. The summed E-state index contributed by atoms with van der Waals surface area (Å²) in [4.78, 5) is 19.9. The van der Waals surface area contributed by atoms with Crippen molar-refractivity contribution >= 4 is 12.1 Å². The fraction of sp³-hybridized carbons (Fsp3) is 0.333. The zero-order valence-corrected chi connectivity index (χ0v) is 9.07. The lowest BCUT2D eigenvalue weighted by atomic mass is 10.3. The van der Waals surface area contributed by atoms with Crippen molar-refractivity contribution in [3.8, 4) is 0 Å². The molecule has 0 heterocycles. The van der Waals surface area contributed by atoms with Crippen molar-refractivity contribution in [1.29, 1.82) is 0 Å². The molecule has 0 saturated carbocycles. The molecule has 0 radical (unpaired) electrons. The molecule has 14 heavy (non-hydrogen) atoms. The molecule has 2 nitrogen and oxygen atoms in total. The van der Waals surface area contributed by atoms with Gasteiger partial charge >= 0.3 is 0 Å². The third-order valence-corrected chi connectivity index (χ3v) is 1.19. The molecule has 0 amide bonds. The summed E-state index contributed by atoms with van der Waals surface area (Å²) in [5.74, 6) is 0.197. The molecule has 0 aromatic rings. The molecule has 0 aromatic carbocycles. The van der Waals surface area contributed by atoms with E-state index in [2.05, 4.69) is 0 Å². The lowest BCUT2D eigenvalue weighted by Gasteiger charge is -1.78. The van der Waals surface area contributed by atoms with Crippen LogP contribution in [0.25, 0.3) is 0 Å². The maximum atomic E-state index is 10.3. The van der Waals surface area contributed by atoms with Crippen molar-refractivity contribution in [2.45, 2.75) is 27.2 Å². The van der Waals surface area contributed by atoms with Gasteiger partial charge in [0.25, 0.3) is 0 Å². The van der Waals surface area contributed by atoms with E-state index < -0.39 is 0 Å². The molecule has 0 aromatic heterocycles. The van der Waals surface area contributed by atoms with Crippen LogP contribution in [0.4, 0.5) is 0 Å². The van der Waals surface area contributed by atoms with Gasteiger partial charge in [0.1, 0.15) is 6.29 Å². The maximum Gasteiger partial charge on any atom is 0.155 e. The lowest BCUT2D eigenvalue weighted by molar-refractivity contribution is -0.114. The number of ketones is 1. The van der Waals surface area contributed by atoms with Gasteiger partial charge in [0.15, 0.2) is 5.78 Å². The van der Waals surface area contributed by atoms with E-state index in [0.29, 0.717) is 6.42 Å². The van der Waals surface area contributed by atoms with Crippen LogP contribution in [-0.4, -0.2) is 12.1 Å². The Morgan fingerprint density at radius 3 is 2.00 bits per heavy atom. The summed E-state index contributed by atoms with van der Waals surface area (Å²) in [6.45, 7) is 5.59. The number of allylic oxidation sites excluding steroid dienone is 6. The largest absolute Gasteiger partial charge is 0.299 e. The highest BCUT2D eigenvalue weighted by Crippen LogP contribution is 1.80.